The molecule has 7 nitrogen and oxygen atoms in total. The first-order chi connectivity index (χ1) is 12.3. The highest BCUT2D eigenvalue weighted by molar-refractivity contribution is 9.10. The Morgan fingerprint density at radius 2 is 2.28 bits per heavy atom. The lowest BCUT2D eigenvalue weighted by Crippen LogP contribution is -2.33. The van der Waals surface area contributed by atoms with Crippen molar-refractivity contribution in [2.24, 2.45) is 0 Å². The van der Waals surface area contributed by atoms with Crippen LogP contribution in [0.15, 0.2) is 41.3 Å². The number of aliphatic hydroxyl groups excluding tert-OH is 1. The molecule has 4 rings (SSSR count). The normalized spacial score (nSPS) is 17.4. The minimum absolute atomic E-state index is 0.128. The lowest BCUT2D eigenvalue weighted by Gasteiger charge is -2.25. The highest BCUT2D eigenvalue weighted by Gasteiger charge is 2.26. The lowest BCUT2D eigenvalue weighted by atomic mass is 10.2. The standard InChI is InChI=1S/C17H19BrN6O/c18-14-10-21-24-15(20-9-12-3-1-5-19-8-12)7-16(22-17(14)24)23-6-2-4-13(23)11-25/h1,3,5,7-8,10,13,20,25H,2,4,6,9,11H2/t13-/m0/s1. The summed E-state index contributed by atoms with van der Waals surface area (Å²) < 4.78 is 2.63. The van der Waals surface area contributed by atoms with Gasteiger partial charge in [0.05, 0.1) is 23.3 Å². The number of nitrogens with zero attached hydrogens (tertiary/aromatic N) is 5. The largest absolute Gasteiger partial charge is 0.394 e. The zero-order valence-electron chi connectivity index (χ0n) is 13.6. The third-order valence-electron chi connectivity index (χ3n) is 4.49. The summed E-state index contributed by atoms with van der Waals surface area (Å²) >= 11 is 3.52. The number of nitrogens with one attached hydrogen (secondary N) is 1. The van der Waals surface area contributed by atoms with Gasteiger partial charge in [-0.05, 0) is 40.4 Å². The number of anilines is 2. The van der Waals surface area contributed by atoms with Crippen LogP contribution in [0.4, 0.5) is 11.6 Å². The molecule has 130 valence electrons. The number of halogens is 1. The van der Waals surface area contributed by atoms with Crippen molar-refractivity contribution in [2.45, 2.75) is 25.4 Å². The number of fused-ring (bicyclic) bond motifs is 1. The molecule has 1 aliphatic rings. The van der Waals surface area contributed by atoms with Crippen LogP contribution in [0.25, 0.3) is 5.65 Å². The van der Waals surface area contributed by atoms with Crippen molar-refractivity contribution in [3.8, 4) is 0 Å². The van der Waals surface area contributed by atoms with Crippen LogP contribution >= 0.6 is 15.9 Å². The lowest BCUT2D eigenvalue weighted by molar-refractivity contribution is 0.266. The summed E-state index contributed by atoms with van der Waals surface area (Å²) in [5.74, 6) is 1.72. The first kappa shape index (κ1) is 16.3. The average Bonchev–Trinajstić information content (AvgIpc) is 3.27. The summed E-state index contributed by atoms with van der Waals surface area (Å²) in [6.45, 7) is 1.70. The van der Waals surface area contributed by atoms with E-state index in [9.17, 15) is 5.11 Å². The molecule has 1 saturated heterocycles. The molecule has 0 aromatic carbocycles. The number of rotatable bonds is 5. The van der Waals surface area contributed by atoms with Crippen molar-refractivity contribution >= 4 is 33.2 Å². The second-order valence-electron chi connectivity index (χ2n) is 6.11. The quantitative estimate of drug-likeness (QED) is 0.682. The van der Waals surface area contributed by atoms with Crippen molar-refractivity contribution in [1.29, 1.82) is 0 Å². The highest BCUT2D eigenvalue weighted by atomic mass is 79.9. The molecule has 1 atom stereocenters. The van der Waals surface area contributed by atoms with Crippen LogP contribution in [-0.2, 0) is 6.54 Å². The van der Waals surface area contributed by atoms with Gasteiger partial charge in [0.25, 0.3) is 0 Å². The summed E-state index contributed by atoms with van der Waals surface area (Å²) in [5, 5.41) is 17.5. The number of hydrogen-bond acceptors (Lipinski definition) is 6. The predicted octanol–water partition coefficient (Wildman–Crippen LogP) is 2.46. The molecular weight excluding hydrogens is 384 g/mol. The second kappa shape index (κ2) is 6.97. The molecule has 0 unspecified atom stereocenters. The smallest absolute Gasteiger partial charge is 0.173 e. The minimum atomic E-state index is 0.128. The zero-order chi connectivity index (χ0) is 17.2. The fourth-order valence-electron chi connectivity index (χ4n) is 3.22. The van der Waals surface area contributed by atoms with E-state index in [1.165, 1.54) is 0 Å². The first-order valence-electron chi connectivity index (χ1n) is 8.31. The van der Waals surface area contributed by atoms with Gasteiger partial charge in [-0.25, -0.2) is 4.98 Å². The molecule has 4 heterocycles. The van der Waals surface area contributed by atoms with E-state index in [1.807, 2.05) is 24.4 Å². The molecule has 0 spiro atoms. The number of aromatic nitrogens is 4. The number of pyridine rings is 1. The SMILES string of the molecule is OC[C@@H]1CCCN1c1cc(NCc2cccnc2)n2ncc(Br)c2n1. The van der Waals surface area contributed by atoms with Gasteiger partial charge in [-0.3, -0.25) is 4.98 Å². The van der Waals surface area contributed by atoms with E-state index in [-0.39, 0.29) is 12.6 Å². The molecule has 0 aliphatic carbocycles. The summed E-state index contributed by atoms with van der Waals surface area (Å²) in [5.41, 5.74) is 1.85. The van der Waals surface area contributed by atoms with Gasteiger partial charge in [-0.15, -0.1) is 0 Å². The van der Waals surface area contributed by atoms with Gasteiger partial charge in [-0.1, -0.05) is 6.07 Å². The monoisotopic (exact) mass is 402 g/mol. The van der Waals surface area contributed by atoms with E-state index >= 15 is 0 Å². The van der Waals surface area contributed by atoms with E-state index in [1.54, 1.807) is 16.9 Å². The first-order valence-corrected chi connectivity index (χ1v) is 9.10. The Morgan fingerprint density at radius 1 is 1.36 bits per heavy atom. The molecule has 0 saturated carbocycles. The minimum Gasteiger partial charge on any atom is -0.394 e. The molecule has 0 amide bonds. The van der Waals surface area contributed by atoms with Crippen LogP contribution in [0, 0.1) is 0 Å². The van der Waals surface area contributed by atoms with Gasteiger partial charge in [0.2, 0.25) is 0 Å². The molecule has 3 aromatic heterocycles. The predicted molar refractivity (Wildman–Crippen MR) is 99.7 cm³/mol. The Bertz CT molecular complexity index is 868. The van der Waals surface area contributed by atoms with Crippen molar-refractivity contribution in [2.75, 3.05) is 23.4 Å². The van der Waals surface area contributed by atoms with Crippen molar-refractivity contribution in [1.82, 2.24) is 19.6 Å². The summed E-state index contributed by atoms with van der Waals surface area (Å²) in [4.78, 5) is 11.1. The molecule has 3 aromatic rings. The van der Waals surface area contributed by atoms with Crippen molar-refractivity contribution in [3.63, 3.8) is 0 Å². The van der Waals surface area contributed by atoms with Gasteiger partial charge in [0, 0.05) is 31.5 Å². The molecule has 25 heavy (non-hydrogen) atoms. The molecule has 0 radical (unpaired) electrons. The van der Waals surface area contributed by atoms with Gasteiger partial charge in [-0.2, -0.15) is 9.61 Å². The third-order valence-corrected chi connectivity index (χ3v) is 5.05. The van der Waals surface area contributed by atoms with Crippen LogP contribution in [0.5, 0.6) is 0 Å². The van der Waals surface area contributed by atoms with Gasteiger partial charge in [0.1, 0.15) is 11.6 Å². The van der Waals surface area contributed by atoms with Crippen LogP contribution in [-0.4, -0.2) is 43.9 Å². The molecule has 1 fully saturated rings. The molecular formula is C17H19BrN6O. The Morgan fingerprint density at radius 3 is 3.08 bits per heavy atom. The maximum atomic E-state index is 9.63. The van der Waals surface area contributed by atoms with Crippen LogP contribution in [0.1, 0.15) is 18.4 Å². The number of hydrogen-bond donors (Lipinski definition) is 2. The fourth-order valence-corrected chi connectivity index (χ4v) is 3.57. The topological polar surface area (TPSA) is 78.6 Å². The maximum absolute atomic E-state index is 9.63. The Hall–Kier alpha value is -2.19. The zero-order valence-corrected chi connectivity index (χ0v) is 15.2. The maximum Gasteiger partial charge on any atom is 0.173 e. The molecule has 0 bridgehead atoms. The van der Waals surface area contributed by atoms with Crippen molar-refractivity contribution < 1.29 is 5.11 Å². The van der Waals surface area contributed by atoms with Crippen LogP contribution in [0.3, 0.4) is 0 Å². The van der Waals surface area contributed by atoms with E-state index < -0.39 is 0 Å². The highest BCUT2D eigenvalue weighted by Crippen LogP contribution is 2.29. The third kappa shape index (κ3) is 3.19. The van der Waals surface area contributed by atoms with E-state index in [0.717, 1.165) is 46.7 Å². The average molecular weight is 403 g/mol. The Kier molecular flexibility index (Phi) is 4.54. The van der Waals surface area contributed by atoms with Crippen LogP contribution < -0.4 is 10.2 Å². The Balaban J connectivity index is 1.69. The summed E-state index contributed by atoms with van der Waals surface area (Å²) in [6, 6.07) is 6.07. The molecule has 8 heteroatoms. The van der Waals surface area contributed by atoms with Gasteiger partial charge >= 0.3 is 0 Å². The van der Waals surface area contributed by atoms with E-state index in [2.05, 4.69) is 36.2 Å². The summed E-state index contributed by atoms with van der Waals surface area (Å²) in [7, 11) is 0. The van der Waals surface area contributed by atoms with Crippen LogP contribution in [0.2, 0.25) is 0 Å². The van der Waals surface area contributed by atoms with Gasteiger partial charge < -0.3 is 15.3 Å². The van der Waals surface area contributed by atoms with Gasteiger partial charge in [0.15, 0.2) is 5.65 Å². The van der Waals surface area contributed by atoms with Crippen molar-refractivity contribution in [3.05, 3.63) is 46.8 Å². The van der Waals surface area contributed by atoms with E-state index in [4.69, 9.17) is 4.98 Å². The molecule has 1 aliphatic heterocycles. The number of aliphatic hydroxyl groups is 1. The Labute approximate surface area is 153 Å². The second-order valence-corrected chi connectivity index (χ2v) is 6.97. The van der Waals surface area contributed by atoms with E-state index in [0.29, 0.717) is 6.54 Å². The fraction of sp³-hybridized carbons (Fsp3) is 0.353. The summed E-state index contributed by atoms with van der Waals surface area (Å²) in [6.07, 6.45) is 7.40. The molecule has 2 N–H and O–H groups in total.